The number of aryl methyl sites for hydroxylation is 1. The first-order chi connectivity index (χ1) is 10.9. The Morgan fingerprint density at radius 3 is 2.35 bits per heavy atom. The van der Waals surface area contributed by atoms with Crippen molar-refractivity contribution in [3.63, 3.8) is 0 Å². The van der Waals surface area contributed by atoms with E-state index >= 15 is 0 Å². The molecule has 1 atom stereocenters. The zero-order valence-corrected chi connectivity index (χ0v) is 14.3. The molecule has 0 saturated heterocycles. The lowest BCUT2D eigenvalue weighted by atomic mass is 10.2. The standard InChI is InChI=1S/C16H20N2O4S/c1-11-9-14(21-3)15(22-4)10-16(11)23(19,20)18-12(2)13-7-5-6-8-17-13/h5-10,12,18H,1-4H3. The second-order valence-corrected chi connectivity index (χ2v) is 6.75. The van der Waals surface area contributed by atoms with Crippen molar-refractivity contribution in [3.8, 4) is 11.5 Å². The number of aromatic nitrogens is 1. The van der Waals surface area contributed by atoms with Gasteiger partial charge in [0.05, 0.1) is 30.9 Å². The topological polar surface area (TPSA) is 77.5 Å². The zero-order valence-electron chi connectivity index (χ0n) is 13.5. The van der Waals surface area contributed by atoms with Crippen molar-refractivity contribution in [2.75, 3.05) is 14.2 Å². The van der Waals surface area contributed by atoms with Crippen molar-refractivity contribution >= 4 is 10.0 Å². The molecule has 0 saturated carbocycles. The second kappa shape index (κ2) is 6.97. The van der Waals surface area contributed by atoms with Crippen molar-refractivity contribution in [1.29, 1.82) is 0 Å². The molecule has 0 bridgehead atoms. The second-order valence-electron chi connectivity index (χ2n) is 5.07. The summed E-state index contributed by atoms with van der Waals surface area (Å²) in [6.07, 6.45) is 1.63. The number of methoxy groups -OCH3 is 2. The molecule has 124 valence electrons. The van der Waals surface area contributed by atoms with Crippen LogP contribution in [0.3, 0.4) is 0 Å². The molecule has 1 N–H and O–H groups in total. The van der Waals surface area contributed by atoms with Gasteiger partial charge in [0.15, 0.2) is 11.5 Å². The Labute approximate surface area is 136 Å². The van der Waals surface area contributed by atoms with E-state index < -0.39 is 16.1 Å². The quantitative estimate of drug-likeness (QED) is 0.877. The molecule has 1 heterocycles. The summed E-state index contributed by atoms with van der Waals surface area (Å²) in [5.74, 6) is 0.852. The van der Waals surface area contributed by atoms with Gasteiger partial charge in [-0.15, -0.1) is 0 Å². The van der Waals surface area contributed by atoms with Gasteiger partial charge < -0.3 is 9.47 Å². The molecule has 0 fully saturated rings. The zero-order chi connectivity index (χ0) is 17.0. The highest BCUT2D eigenvalue weighted by Gasteiger charge is 2.23. The van der Waals surface area contributed by atoms with Crippen molar-refractivity contribution in [1.82, 2.24) is 9.71 Å². The van der Waals surface area contributed by atoms with E-state index in [2.05, 4.69) is 9.71 Å². The molecule has 0 amide bonds. The Hall–Kier alpha value is -2.12. The van der Waals surface area contributed by atoms with Crippen LogP contribution in [0.25, 0.3) is 0 Å². The average molecular weight is 336 g/mol. The third kappa shape index (κ3) is 3.80. The maximum absolute atomic E-state index is 12.7. The Morgan fingerprint density at radius 2 is 1.78 bits per heavy atom. The van der Waals surface area contributed by atoms with Crippen LogP contribution in [-0.4, -0.2) is 27.6 Å². The minimum Gasteiger partial charge on any atom is -0.493 e. The van der Waals surface area contributed by atoms with Gasteiger partial charge in [0.1, 0.15) is 0 Å². The number of ether oxygens (including phenoxy) is 2. The molecule has 2 aromatic rings. The molecule has 7 heteroatoms. The van der Waals surface area contributed by atoms with Gasteiger partial charge in [0.25, 0.3) is 0 Å². The number of hydrogen-bond donors (Lipinski definition) is 1. The van der Waals surface area contributed by atoms with Crippen LogP contribution in [0.15, 0.2) is 41.4 Å². The third-order valence-corrected chi connectivity index (χ3v) is 5.12. The molecule has 0 aliphatic rings. The number of nitrogens with zero attached hydrogens (tertiary/aromatic N) is 1. The summed E-state index contributed by atoms with van der Waals surface area (Å²) in [5.41, 5.74) is 1.22. The van der Waals surface area contributed by atoms with E-state index in [9.17, 15) is 8.42 Å². The Balaban J connectivity index is 2.36. The van der Waals surface area contributed by atoms with Crippen LogP contribution < -0.4 is 14.2 Å². The Kier molecular flexibility index (Phi) is 5.23. The van der Waals surface area contributed by atoms with Gasteiger partial charge in [-0.2, -0.15) is 0 Å². The van der Waals surface area contributed by atoms with Gasteiger partial charge in [-0.25, -0.2) is 13.1 Å². The molecule has 0 aliphatic carbocycles. The van der Waals surface area contributed by atoms with E-state index in [0.29, 0.717) is 22.8 Å². The predicted octanol–water partition coefficient (Wildman–Crippen LogP) is 2.45. The van der Waals surface area contributed by atoms with E-state index in [0.717, 1.165) is 0 Å². The molecular formula is C16H20N2O4S. The molecular weight excluding hydrogens is 316 g/mol. The number of benzene rings is 1. The average Bonchev–Trinajstić information content (AvgIpc) is 2.54. The van der Waals surface area contributed by atoms with Crippen LogP contribution in [0.5, 0.6) is 11.5 Å². The summed E-state index contributed by atoms with van der Waals surface area (Å²) in [6.45, 7) is 3.46. The molecule has 1 aromatic heterocycles. The molecule has 6 nitrogen and oxygen atoms in total. The number of sulfonamides is 1. The van der Waals surface area contributed by atoms with Crippen LogP contribution >= 0.6 is 0 Å². The van der Waals surface area contributed by atoms with Gasteiger partial charge in [0, 0.05) is 12.3 Å². The fourth-order valence-corrected chi connectivity index (χ4v) is 3.70. The van der Waals surface area contributed by atoms with Crippen LogP contribution in [0.1, 0.15) is 24.2 Å². The smallest absolute Gasteiger partial charge is 0.241 e. The lowest BCUT2D eigenvalue weighted by Gasteiger charge is -2.17. The van der Waals surface area contributed by atoms with Gasteiger partial charge in [0.2, 0.25) is 10.0 Å². The van der Waals surface area contributed by atoms with E-state index in [1.165, 1.54) is 20.3 Å². The van der Waals surface area contributed by atoms with Crippen molar-refractivity contribution in [3.05, 3.63) is 47.8 Å². The lowest BCUT2D eigenvalue weighted by molar-refractivity contribution is 0.353. The van der Waals surface area contributed by atoms with E-state index in [1.54, 1.807) is 38.2 Å². The highest BCUT2D eigenvalue weighted by molar-refractivity contribution is 7.89. The largest absolute Gasteiger partial charge is 0.493 e. The molecule has 0 aliphatic heterocycles. The fraction of sp³-hybridized carbons (Fsp3) is 0.312. The minimum atomic E-state index is -3.72. The normalized spacial score (nSPS) is 12.7. The summed E-state index contributed by atoms with van der Waals surface area (Å²) < 4.78 is 38.3. The predicted molar refractivity (Wildman–Crippen MR) is 87.3 cm³/mol. The van der Waals surface area contributed by atoms with Crippen LogP contribution in [0.4, 0.5) is 0 Å². The minimum absolute atomic E-state index is 0.151. The van der Waals surface area contributed by atoms with Gasteiger partial charge in [-0.3, -0.25) is 4.98 Å². The first kappa shape index (κ1) is 17.2. The molecule has 0 radical (unpaired) electrons. The van der Waals surface area contributed by atoms with E-state index in [-0.39, 0.29) is 4.90 Å². The first-order valence-corrected chi connectivity index (χ1v) is 8.53. The van der Waals surface area contributed by atoms with Crippen LogP contribution in [0, 0.1) is 6.92 Å². The van der Waals surface area contributed by atoms with Gasteiger partial charge >= 0.3 is 0 Å². The summed E-state index contributed by atoms with van der Waals surface area (Å²) >= 11 is 0. The summed E-state index contributed by atoms with van der Waals surface area (Å²) in [4.78, 5) is 4.32. The van der Waals surface area contributed by atoms with E-state index in [4.69, 9.17) is 9.47 Å². The van der Waals surface area contributed by atoms with Crippen molar-refractivity contribution < 1.29 is 17.9 Å². The number of nitrogens with one attached hydrogen (secondary N) is 1. The molecule has 23 heavy (non-hydrogen) atoms. The molecule has 2 rings (SSSR count). The first-order valence-electron chi connectivity index (χ1n) is 7.05. The summed E-state index contributed by atoms with van der Waals surface area (Å²) in [5, 5.41) is 0. The molecule has 1 aromatic carbocycles. The fourth-order valence-electron chi connectivity index (χ4n) is 2.24. The van der Waals surface area contributed by atoms with Crippen molar-refractivity contribution in [2.45, 2.75) is 24.8 Å². The Bertz CT molecular complexity index is 776. The number of pyridine rings is 1. The Morgan fingerprint density at radius 1 is 1.13 bits per heavy atom. The van der Waals surface area contributed by atoms with Gasteiger partial charge in [-0.05, 0) is 37.6 Å². The number of rotatable bonds is 6. The summed E-state index contributed by atoms with van der Waals surface area (Å²) in [7, 11) is -0.749. The summed E-state index contributed by atoms with van der Waals surface area (Å²) in [6, 6.07) is 8.02. The van der Waals surface area contributed by atoms with Gasteiger partial charge in [-0.1, -0.05) is 6.07 Å². The molecule has 1 unspecified atom stereocenters. The maximum atomic E-state index is 12.7. The maximum Gasteiger partial charge on any atom is 0.241 e. The molecule has 0 spiro atoms. The van der Waals surface area contributed by atoms with Crippen LogP contribution in [-0.2, 0) is 10.0 Å². The van der Waals surface area contributed by atoms with Crippen LogP contribution in [0.2, 0.25) is 0 Å². The van der Waals surface area contributed by atoms with Crippen molar-refractivity contribution in [2.24, 2.45) is 0 Å². The third-order valence-electron chi connectivity index (χ3n) is 3.43. The number of hydrogen-bond acceptors (Lipinski definition) is 5. The lowest BCUT2D eigenvalue weighted by Crippen LogP contribution is -2.28. The SMILES string of the molecule is COc1cc(C)c(S(=O)(=O)NC(C)c2ccccn2)cc1OC. The van der Waals surface area contributed by atoms with E-state index in [1.807, 2.05) is 6.07 Å². The monoisotopic (exact) mass is 336 g/mol. The highest BCUT2D eigenvalue weighted by Crippen LogP contribution is 2.32. The highest BCUT2D eigenvalue weighted by atomic mass is 32.2.